The number of hydrogen-bond donors (Lipinski definition) is 3. The van der Waals surface area contributed by atoms with Gasteiger partial charge < -0.3 is 15.3 Å². The van der Waals surface area contributed by atoms with E-state index >= 15 is 0 Å². The standard InChI is InChI=1S/C28H48O4/c1-15(2)16(3)25(31)26(32)17(4)20-7-8-21-19-14-24(30)23-13-18(29)9-11-28(23,6)22(19)10-12-27(20,21)5/h15-23,25-26,29,31-32H,7-14H2,1-6H3/t16-,17+,18+,19+,20-,21+,22+,23-,25+,26-,27-,28-/m0/s1. The molecule has 0 aromatic rings. The fourth-order valence-corrected chi connectivity index (χ4v) is 9.18. The van der Waals surface area contributed by atoms with Gasteiger partial charge in [-0.3, -0.25) is 4.79 Å². The Morgan fingerprint density at radius 1 is 0.875 bits per heavy atom. The number of hydrogen-bond acceptors (Lipinski definition) is 4. The molecule has 0 amide bonds. The molecule has 0 bridgehead atoms. The van der Waals surface area contributed by atoms with Crippen molar-refractivity contribution in [3.63, 3.8) is 0 Å². The minimum atomic E-state index is -0.694. The first-order valence-electron chi connectivity index (χ1n) is 13.5. The number of carbonyl (C=O) groups excluding carboxylic acids is 1. The zero-order chi connectivity index (χ0) is 23.6. The fourth-order valence-electron chi connectivity index (χ4n) is 9.18. The van der Waals surface area contributed by atoms with Crippen molar-refractivity contribution in [1.82, 2.24) is 0 Å². The molecule has 32 heavy (non-hydrogen) atoms. The van der Waals surface area contributed by atoms with Gasteiger partial charge in [0.25, 0.3) is 0 Å². The molecule has 4 fully saturated rings. The first kappa shape index (κ1) is 24.7. The summed E-state index contributed by atoms with van der Waals surface area (Å²) in [5, 5.41) is 32.2. The summed E-state index contributed by atoms with van der Waals surface area (Å²) in [4.78, 5) is 13.3. The molecule has 4 saturated carbocycles. The maximum absolute atomic E-state index is 13.3. The van der Waals surface area contributed by atoms with Gasteiger partial charge in [0.05, 0.1) is 18.3 Å². The minimum absolute atomic E-state index is 0.0440. The Balaban J connectivity index is 1.54. The molecule has 3 N–H and O–H groups in total. The molecule has 0 heterocycles. The van der Waals surface area contributed by atoms with Crippen LogP contribution < -0.4 is 0 Å². The van der Waals surface area contributed by atoms with Crippen LogP contribution in [0, 0.1) is 58.2 Å². The van der Waals surface area contributed by atoms with Crippen molar-refractivity contribution in [3.05, 3.63) is 0 Å². The van der Waals surface area contributed by atoms with E-state index in [1.807, 2.05) is 6.92 Å². The van der Waals surface area contributed by atoms with Crippen LogP contribution >= 0.6 is 0 Å². The predicted octanol–water partition coefficient (Wildman–Crippen LogP) is 4.84. The van der Waals surface area contributed by atoms with Crippen LogP contribution in [0.2, 0.25) is 0 Å². The molecule has 4 rings (SSSR count). The Morgan fingerprint density at radius 2 is 1.50 bits per heavy atom. The van der Waals surface area contributed by atoms with Crippen LogP contribution in [-0.2, 0) is 4.79 Å². The first-order valence-corrected chi connectivity index (χ1v) is 13.5. The Kier molecular flexibility index (Phi) is 6.66. The second kappa shape index (κ2) is 8.64. The Labute approximate surface area is 195 Å². The quantitative estimate of drug-likeness (QED) is 0.563. The number of aliphatic hydroxyl groups excluding tert-OH is 3. The van der Waals surface area contributed by atoms with E-state index < -0.39 is 12.2 Å². The molecule has 0 aromatic heterocycles. The lowest BCUT2D eigenvalue weighted by molar-refractivity contribution is -0.161. The van der Waals surface area contributed by atoms with Crippen molar-refractivity contribution < 1.29 is 20.1 Å². The summed E-state index contributed by atoms with van der Waals surface area (Å²) in [7, 11) is 0. The fraction of sp³-hybridized carbons (Fsp3) is 0.964. The Morgan fingerprint density at radius 3 is 2.16 bits per heavy atom. The molecule has 0 aromatic carbocycles. The molecule has 4 heteroatoms. The van der Waals surface area contributed by atoms with E-state index in [9.17, 15) is 20.1 Å². The highest BCUT2D eigenvalue weighted by atomic mass is 16.3. The maximum atomic E-state index is 13.3. The second-order valence-corrected chi connectivity index (χ2v) is 13.2. The topological polar surface area (TPSA) is 77.8 Å². The van der Waals surface area contributed by atoms with E-state index in [0.717, 1.165) is 38.5 Å². The SMILES string of the molecule is CC(C)[C@H](C)[C@@H](O)[C@@H](O)[C@H](C)[C@@H]1CC[C@@H]2[C@H]3CC(=O)[C@@H]4C[C@H](O)CC[C@@]4(C)[C@@H]3CC[C@]21C. The van der Waals surface area contributed by atoms with Gasteiger partial charge in [0.2, 0.25) is 0 Å². The molecule has 0 radical (unpaired) electrons. The third kappa shape index (κ3) is 3.71. The summed E-state index contributed by atoms with van der Waals surface area (Å²) >= 11 is 0. The second-order valence-electron chi connectivity index (χ2n) is 13.2. The molecule has 4 aliphatic carbocycles. The summed E-state index contributed by atoms with van der Waals surface area (Å²) in [5.41, 5.74) is 0.187. The number of rotatable bonds is 5. The molecule has 0 aliphatic heterocycles. The van der Waals surface area contributed by atoms with E-state index in [-0.39, 0.29) is 34.7 Å². The molecule has 184 valence electrons. The van der Waals surface area contributed by atoms with E-state index in [1.165, 1.54) is 0 Å². The molecule has 0 spiro atoms. The van der Waals surface area contributed by atoms with Crippen LogP contribution in [0.1, 0.15) is 92.9 Å². The summed E-state index contributed by atoms with van der Waals surface area (Å²) in [6.07, 6.45) is 6.05. The van der Waals surface area contributed by atoms with Gasteiger partial charge in [0, 0.05) is 12.3 Å². The number of fused-ring (bicyclic) bond motifs is 5. The van der Waals surface area contributed by atoms with E-state index in [4.69, 9.17) is 0 Å². The summed E-state index contributed by atoms with van der Waals surface area (Å²) in [5.74, 6) is 2.88. The molecule has 4 nitrogen and oxygen atoms in total. The lowest BCUT2D eigenvalue weighted by Gasteiger charge is -2.60. The van der Waals surface area contributed by atoms with Gasteiger partial charge >= 0.3 is 0 Å². The third-order valence-electron chi connectivity index (χ3n) is 11.6. The van der Waals surface area contributed by atoms with Gasteiger partial charge in [-0.25, -0.2) is 0 Å². The molecular formula is C28H48O4. The van der Waals surface area contributed by atoms with Crippen molar-refractivity contribution in [3.8, 4) is 0 Å². The zero-order valence-corrected chi connectivity index (χ0v) is 21.3. The number of carbonyl (C=O) groups is 1. The van der Waals surface area contributed by atoms with Gasteiger partial charge in [-0.1, -0.05) is 41.5 Å². The molecular weight excluding hydrogens is 400 g/mol. The van der Waals surface area contributed by atoms with Gasteiger partial charge in [-0.05, 0) is 97.2 Å². The normalized spacial score (nSPS) is 47.9. The average molecular weight is 449 g/mol. The summed E-state index contributed by atoms with van der Waals surface area (Å²) in [6, 6.07) is 0. The third-order valence-corrected chi connectivity index (χ3v) is 11.6. The van der Waals surface area contributed by atoms with E-state index in [0.29, 0.717) is 48.2 Å². The van der Waals surface area contributed by atoms with Gasteiger partial charge in [0.1, 0.15) is 5.78 Å². The largest absolute Gasteiger partial charge is 0.393 e. The summed E-state index contributed by atoms with van der Waals surface area (Å²) < 4.78 is 0. The Hall–Kier alpha value is -0.450. The molecule has 0 saturated heterocycles. The van der Waals surface area contributed by atoms with Crippen molar-refractivity contribution >= 4 is 5.78 Å². The van der Waals surface area contributed by atoms with Crippen LogP contribution in [-0.4, -0.2) is 39.4 Å². The van der Waals surface area contributed by atoms with E-state index in [1.54, 1.807) is 0 Å². The lowest BCUT2D eigenvalue weighted by Crippen LogP contribution is -2.57. The maximum Gasteiger partial charge on any atom is 0.136 e. The first-order chi connectivity index (χ1) is 14.9. The highest BCUT2D eigenvalue weighted by Crippen LogP contribution is 2.67. The van der Waals surface area contributed by atoms with Crippen LogP contribution in [0.3, 0.4) is 0 Å². The monoisotopic (exact) mass is 448 g/mol. The smallest absolute Gasteiger partial charge is 0.136 e. The predicted molar refractivity (Wildman–Crippen MR) is 127 cm³/mol. The number of Topliss-reactive ketones (excluding diaryl/α,β-unsaturated/α-hetero) is 1. The van der Waals surface area contributed by atoms with Crippen LogP contribution in [0.4, 0.5) is 0 Å². The highest BCUT2D eigenvalue weighted by Gasteiger charge is 2.63. The van der Waals surface area contributed by atoms with Gasteiger partial charge in [-0.2, -0.15) is 0 Å². The number of ketones is 1. The average Bonchev–Trinajstić information content (AvgIpc) is 3.10. The summed E-state index contributed by atoms with van der Waals surface area (Å²) in [6.45, 7) is 13.2. The lowest BCUT2D eigenvalue weighted by atomic mass is 9.44. The van der Waals surface area contributed by atoms with Crippen molar-refractivity contribution in [2.75, 3.05) is 0 Å². The Bertz CT molecular complexity index is 706. The number of aliphatic hydroxyl groups is 3. The van der Waals surface area contributed by atoms with Gasteiger partial charge in [-0.15, -0.1) is 0 Å². The van der Waals surface area contributed by atoms with Crippen molar-refractivity contribution in [1.29, 1.82) is 0 Å². The molecule has 0 unspecified atom stereocenters. The zero-order valence-electron chi connectivity index (χ0n) is 21.3. The van der Waals surface area contributed by atoms with Crippen LogP contribution in [0.5, 0.6) is 0 Å². The highest BCUT2D eigenvalue weighted by molar-refractivity contribution is 5.83. The van der Waals surface area contributed by atoms with Gasteiger partial charge in [0.15, 0.2) is 0 Å². The molecule has 12 atom stereocenters. The van der Waals surface area contributed by atoms with Crippen molar-refractivity contribution in [2.45, 2.75) is 111 Å². The molecule has 4 aliphatic rings. The van der Waals surface area contributed by atoms with Crippen LogP contribution in [0.25, 0.3) is 0 Å². The van der Waals surface area contributed by atoms with Crippen LogP contribution in [0.15, 0.2) is 0 Å². The minimum Gasteiger partial charge on any atom is -0.393 e. The van der Waals surface area contributed by atoms with Crippen molar-refractivity contribution in [2.24, 2.45) is 58.2 Å². The van der Waals surface area contributed by atoms with E-state index in [2.05, 4.69) is 34.6 Å².